The van der Waals surface area contributed by atoms with Crippen LogP contribution in [0.5, 0.6) is 0 Å². The lowest BCUT2D eigenvalue weighted by molar-refractivity contribution is -0.160. The second-order valence-corrected chi connectivity index (χ2v) is 4.20. The molecule has 0 radical (unpaired) electrons. The molecule has 0 aromatic heterocycles. The van der Waals surface area contributed by atoms with E-state index in [-0.39, 0.29) is 0 Å². The Morgan fingerprint density at radius 3 is 2.38 bits per heavy atom. The zero-order chi connectivity index (χ0) is 9.64. The average molecular weight is 184 g/mol. The molecule has 0 heterocycles. The van der Waals surface area contributed by atoms with Crippen molar-refractivity contribution in [2.75, 3.05) is 0 Å². The summed E-state index contributed by atoms with van der Waals surface area (Å²) in [7, 11) is 0. The zero-order valence-corrected chi connectivity index (χ0v) is 7.19. The van der Waals surface area contributed by atoms with Crippen LogP contribution >= 0.6 is 0 Å². The molecular weight excluding hydrogens is 172 g/mol. The molecule has 13 heavy (non-hydrogen) atoms. The Hall–Kier alpha value is -1.06. The number of fused-ring (bicyclic) bond motifs is 2. The molecule has 0 unspecified atom stereocenters. The number of hydrogen-bond acceptors (Lipinski definition) is 2. The fourth-order valence-corrected chi connectivity index (χ4v) is 2.94. The highest BCUT2D eigenvalue weighted by Crippen LogP contribution is 2.57. The lowest BCUT2D eigenvalue weighted by Gasteiger charge is -2.27. The zero-order valence-electron chi connectivity index (χ0n) is 7.19. The van der Waals surface area contributed by atoms with Crippen LogP contribution in [0.1, 0.15) is 25.7 Å². The van der Waals surface area contributed by atoms with E-state index in [1.807, 2.05) is 0 Å². The molecule has 0 amide bonds. The number of carboxylic acids is 2. The van der Waals surface area contributed by atoms with E-state index < -0.39 is 23.3 Å². The molecule has 2 aliphatic rings. The summed E-state index contributed by atoms with van der Waals surface area (Å²) in [6, 6.07) is 0. The van der Waals surface area contributed by atoms with E-state index in [0.717, 1.165) is 6.42 Å². The molecule has 4 heteroatoms. The summed E-state index contributed by atoms with van der Waals surface area (Å²) in [6.45, 7) is 0. The van der Waals surface area contributed by atoms with Gasteiger partial charge in [0.2, 0.25) is 0 Å². The molecule has 3 atom stereocenters. The number of hydrogen-bond donors (Lipinski definition) is 2. The first-order valence-corrected chi connectivity index (χ1v) is 4.52. The minimum absolute atomic E-state index is 0.331. The average Bonchev–Trinajstić information content (AvgIpc) is 2.60. The summed E-state index contributed by atoms with van der Waals surface area (Å²) in [5, 5.41) is 17.9. The van der Waals surface area contributed by atoms with E-state index in [0.29, 0.717) is 25.2 Å². The minimum Gasteiger partial charge on any atom is -0.481 e. The molecule has 0 aliphatic heterocycles. The highest BCUT2D eigenvalue weighted by molar-refractivity contribution is 5.84. The third kappa shape index (κ3) is 0.975. The lowest BCUT2D eigenvalue weighted by atomic mass is 9.75. The van der Waals surface area contributed by atoms with Gasteiger partial charge in [-0.25, -0.2) is 0 Å². The molecular formula is C9H12O4. The van der Waals surface area contributed by atoms with Crippen LogP contribution in [0.2, 0.25) is 0 Å². The van der Waals surface area contributed by atoms with Crippen molar-refractivity contribution in [1.82, 2.24) is 0 Å². The van der Waals surface area contributed by atoms with Gasteiger partial charge in [-0.1, -0.05) is 0 Å². The van der Waals surface area contributed by atoms with Crippen LogP contribution in [0.25, 0.3) is 0 Å². The van der Waals surface area contributed by atoms with E-state index in [4.69, 9.17) is 10.2 Å². The van der Waals surface area contributed by atoms with E-state index in [1.54, 1.807) is 0 Å². The van der Waals surface area contributed by atoms with Crippen molar-refractivity contribution < 1.29 is 19.8 Å². The van der Waals surface area contributed by atoms with Crippen LogP contribution < -0.4 is 0 Å². The largest absolute Gasteiger partial charge is 0.481 e. The predicted octanol–water partition coefficient (Wildman–Crippen LogP) is 0.962. The predicted molar refractivity (Wildman–Crippen MR) is 43.2 cm³/mol. The molecule has 2 N–H and O–H groups in total. The van der Waals surface area contributed by atoms with Gasteiger partial charge < -0.3 is 10.2 Å². The molecule has 4 nitrogen and oxygen atoms in total. The fourth-order valence-electron chi connectivity index (χ4n) is 2.94. The van der Waals surface area contributed by atoms with Gasteiger partial charge in [0.25, 0.3) is 0 Å². The lowest BCUT2D eigenvalue weighted by Crippen LogP contribution is -2.38. The Kier molecular flexibility index (Phi) is 1.62. The Morgan fingerprint density at radius 2 is 2.00 bits per heavy atom. The summed E-state index contributed by atoms with van der Waals surface area (Å²) in [5.74, 6) is -2.18. The number of aliphatic carboxylic acids is 2. The standard InChI is InChI=1S/C9H12O4/c10-7(11)6-3-5-1-2-9(6,4-5)8(12)13/h5-6H,1-4H2,(H,10,11)(H,12,13)/t5-,6-,9+/m1/s1. The molecule has 2 saturated carbocycles. The first-order chi connectivity index (χ1) is 6.06. The SMILES string of the molecule is O=C(O)[C@H]1C[C@H]2CC[C@]1(C(=O)O)C2. The van der Waals surface area contributed by atoms with E-state index in [2.05, 4.69) is 0 Å². The Bertz CT molecular complexity index is 273. The van der Waals surface area contributed by atoms with Crippen LogP contribution in [-0.4, -0.2) is 22.2 Å². The Balaban J connectivity index is 2.32. The summed E-state index contributed by atoms with van der Waals surface area (Å²) in [5.41, 5.74) is -0.934. The van der Waals surface area contributed by atoms with Crippen LogP contribution in [0.15, 0.2) is 0 Å². The number of carbonyl (C=O) groups is 2. The maximum Gasteiger partial charge on any atom is 0.310 e. The van der Waals surface area contributed by atoms with Crippen LogP contribution in [0.3, 0.4) is 0 Å². The molecule has 2 aliphatic carbocycles. The van der Waals surface area contributed by atoms with Gasteiger partial charge in [0.05, 0.1) is 11.3 Å². The fraction of sp³-hybridized carbons (Fsp3) is 0.778. The summed E-state index contributed by atoms with van der Waals surface area (Å²) in [4.78, 5) is 21.9. The highest BCUT2D eigenvalue weighted by atomic mass is 16.4. The molecule has 72 valence electrons. The van der Waals surface area contributed by atoms with Gasteiger partial charge in [0, 0.05) is 0 Å². The third-order valence-electron chi connectivity index (χ3n) is 3.61. The summed E-state index contributed by atoms with van der Waals surface area (Å²) < 4.78 is 0. The van der Waals surface area contributed by atoms with Crippen LogP contribution in [0, 0.1) is 17.3 Å². The third-order valence-corrected chi connectivity index (χ3v) is 3.61. The normalized spacial score (nSPS) is 42.2. The van der Waals surface area contributed by atoms with Crippen molar-refractivity contribution in [3.8, 4) is 0 Å². The quantitative estimate of drug-likeness (QED) is 0.670. The van der Waals surface area contributed by atoms with E-state index >= 15 is 0 Å². The monoisotopic (exact) mass is 184 g/mol. The van der Waals surface area contributed by atoms with Crippen molar-refractivity contribution in [2.45, 2.75) is 25.7 Å². The van der Waals surface area contributed by atoms with Crippen molar-refractivity contribution >= 4 is 11.9 Å². The van der Waals surface area contributed by atoms with Gasteiger partial charge in [-0.15, -0.1) is 0 Å². The molecule has 0 spiro atoms. The van der Waals surface area contributed by atoms with Crippen molar-refractivity contribution in [2.24, 2.45) is 17.3 Å². The second-order valence-electron chi connectivity index (χ2n) is 4.20. The molecule has 2 fully saturated rings. The molecule has 0 aromatic rings. The van der Waals surface area contributed by atoms with Crippen molar-refractivity contribution in [3.05, 3.63) is 0 Å². The number of rotatable bonds is 2. The highest BCUT2D eigenvalue weighted by Gasteiger charge is 2.59. The smallest absolute Gasteiger partial charge is 0.310 e. The van der Waals surface area contributed by atoms with Gasteiger partial charge in [-0.05, 0) is 31.6 Å². The maximum atomic E-state index is 11.0. The van der Waals surface area contributed by atoms with Gasteiger partial charge in [0.15, 0.2) is 0 Å². The maximum absolute atomic E-state index is 11.0. The topological polar surface area (TPSA) is 74.6 Å². The second kappa shape index (κ2) is 2.47. The van der Waals surface area contributed by atoms with Crippen LogP contribution in [-0.2, 0) is 9.59 Å². The summed E-state index contributed by atoms with van der Waals surface area (Å²) in [6.07, 6.45) is 2.56. The van der Waals surface area contributed by atoms with Gasteiger partial charge in [-0.2, -0.15) is 0 Å². The van der Waals surface area contributed by atoms with Crippen molar-refractivity contribution in [3.63, 3.8) is 0 Å². The van der Waals surface area contributed by atoms with Gasteiger partial charge >= 0.3 is 11.9 Å². The molecule has 0 aromatic carbocycles. The number of carboxylic acid groups (broad SMARTS) is 2. The van der Waals surface area contributed by atoms with Crippen molar-refractivity contribution in [1.29, 1.82) is 0 Å². The first-order valence-electron chi connectivity index (χ1n) is 4.52. The minimum atomic E-state index is -0.940. The van der Waals surface area contributed by atoms with Crippen LogP contribution in [0.4, 0.5) is 0 Å². The first kappa shape index (κ1) is 8.53. The Labute approximate surface area is 75.6 Å². The molecule has 2 rings (SSSR count). The summed E-state index contributed by atoms with van der Waals surface area (Å²) >= 11 is 0. The van der Waals surface area contributed by atoms with Gasteiger partial charge in [-0.3, -0.25) is 9.59 Å². The Morgan fingerprint density at radius 1 is 1.31 bits per heavy atom. The molecule has 2 bridgehead atoms. The van der Waals surface area contributed by atoms with Gasteiger partial charge in [0.1, 0.15) is 0 Å². The van der Waals surface area contributed by atoms with E-state index in [9.17, 15) is 9.59 Å². The molecule has 0 saturated heterocycles. The van der Waals surface area contributed by atoms with E-state index in [1.165, 1.54) is 0 Å².